The van der Waals surface area contributed by atoms with Gasteiger partial charge in [-0.05, 0) is 13.0 Å². The molecule has 0 saturated carbocycles. The first-order valence-corrected chi connectivity index (χ1v) is 5.03. The highest BCUT2D eigenvalue weighted by atomic mass is 16.1. The highest BCUT2D eigenvalue weighted by molar-refractivity contribution is 5.75. The Labute approximate surface area is 88.9 Å². The van der Waals surface area contributed by atoms with Gasteiger partial charge < -0.3 is 15.6 Å². The SMILES string of the molecule is Cn1cnnc1CCNC(=O)CCCN. The molecule has 0 spiro atoms. The van der Waals surface area contributed by atoms with Crippen LogP contribution in [0, 0.1) is 0 Å². The number of aryl methyl sites for hydroxylation is 1. The van der Waals surface area contributed by atoms with Crippen LogP contribution in [-0.4, -0.2) is 33.8 Å². The van der Waals surface area contributed by atoms with Crippen LogP contribution in [0.1, 0.15) is 18.7 Å². The van der Waals surface area contributed by atoms with Crippen LogP contribution in [0.4, 0.5) is 0 Å². The molecular formula is C9H17N5O. The minimum Gasteiger partial charge on any atom is -0.356 e. The molecule has 1 amide bonds. The van der Waals surface area contributed by atoms with Gasteiger partial charge in [0, 0.05) is 26.4 Å². The van der Waals surface area contributed by atoms with Crippen LogP contribution in [-0.2, 0) is 18.3 Å². The topological polar surface area (TPSA) is 85.8 Å². The van der Waals surface area contributed by atoms with Crippen molar-refractivity contribution < 1.29 is 4.79 Å². The van der Waals surface area contributed by atoms with E-state index < -0.39 is 0 Å². The average molecular weight is 211 g/mol. The first-order chi connectivity index (χ1) is 7.24. The molecule has 0 bridgehead atoms. The largest absolute Gasteiger partial charge is 0.356 e. The molecule has 0 atom stereocenters. The number of carbonyl (C=O) groups excluding carboxylic acids is 1. The Morgan fingerprint density at radius 3 is 3.07 bits per heavy atom. The fraction of sp³-hybridized carbons (Fsp3) is 0.667. The summed E-state index contributed by atoms with van der Waals surface area (Å²) in [6.07, 6.45) is 3.57. The molecule has 6 nitrogen and oxygen atoms in total. The molecular weight excluding hydrogens is 194 g/mol. The van der Waals surface area contributed by atoms with E-state index in [-0.39, 0.29) is 5.91 Å². The molecule has 6 heteroatoms. The van der Waals surface area contributed by atoms with Gasteiger partial charge in [-0.2, -0.15) is 0 Å². The molecule has 0 fully saturated rings. The summed E-state index contributed by atoms with van der Waals surface area (Å²) >= 11 is 0. The molecule has 0 radical (unpaired) electrons. The maximum absolute atomic E-state index is 11.2. The van der Waals surface area contributed by atoms with Gasteiger partial charge in [-0.1, -0.05) is 0 Å². The number of aromatic nitrogens is 3. The van der Waals surface area contributed by atoms with Crippen molar-refractivity contribution in [3.63, 3.8) is 0 Å². The summed E-state index contributed by atoms with van der Waals surface area (Å²) in [4.78, 5) is 11.2. The van der Waals surface area contributed by atoms with Gasteiger partial charge in [0.25, 0.3) is 0 Å². The molecule has 1 aromatic rings. The minimum atomic E-state index is 0.0441. The molecule has 0 aliphatic carbocycles. The van der Waals surface area contributed by atoms with Crippen LogP contribution in [0.2, 0.25) is 0 Å². The minimum absolute atomic E-state index is 0.0441. The van der Waals surface area contributed by atoms with Crippen LogP contribution in [0.5, 0.6) is 0 Å². The van der Waals surface area contributed by atoms with Gasteiger partial charge in [-0.25, -0.2) is 0 Å². The molecule has 0 aromatic carbocycles. The van der Waals surface area contributed by atoms with Crippen molar-refractivity contribution in [2.45, 2.75) is 19.3 Å². The smallest absolute Gasteiger partial charge is 0.220 e. The number of nitrogens with one attached hydrogen (secondary N) is 1. The third-order valence-corrected chi connectivity index (χ3v) is 2.08. The molecule has 0 unspecified atom stereocenters. The summed E-state index contributed by atoms with van der Waals surface area (Å²) in [5, 5.41) is 10.5. The lowest BCUT2D eigenvalue weighted by atomic mass is 10.3. The zero-order valence-electron chi connectivity index (χ0n) is 8.94. The number of carbonyl (C=O) groups is 1. The Morgan fingerprint density at radius 2 is 2.47 bits per heavy atom. The lowest BCUT2D eigenvalue weighted by molar-refractivity contribution is -0.121. The van der Waals surface area contributed by atoms with Crippen molar-refractivity contribution in [2.75, 3.05) is 13.1 Å². The summed E-state index contributed by atoms with van der Waals surface area (Å²) < 4.78 is 1.84. The normalized spacial score (nSPS) is 10.3. The van der Waals surface area contributed by atoms with E-state index in [0.29, 0.717) is 25.9 Å². The second kappa shape index (κ2) is 6.13. The van der Waals surface area contributed by atoms with Crippen LogP contribution >= 0.6 is 0 Å². The molecule has 3 N–H and O–H groups in total. The monoisotopic (exact) mass is 211 g/mol. The van der Waals surface area contributed by atoms with Gasteiger partial charge in [0.15, 0.2) is 0 Å². The van der Waals surface area contributed by atoms with Crippen LogP contribution in [0.15, 0.2) is 6.33 Å². The number of nitrogens with zero attached hydrogens (tertiary/aromatic N) is 3. The highest BCUT2D eigenvalue weighted by Gasteiger charge is 2.02. The first-order valence-electron chi connectivity index (χ1n) is 5.03. The zero-order valence-corrected chi connectivity index (χ0v) is 8.94. The number of amides is 1. The Hall–Kier alpha value is -1.43. The van der Waals surface area contributed by atoms with E-state index in [2.05, 4.69) is 15.5 Å². The van der Waals surface area contributed by atoms with Crippen molar-refractivity contribution in [1.82, 2.24) is 20.1 Å². The zero-order chi connectivity index (χ0) is 11.1. The number of rotatable bonds is 6. The standard InChI is InChI=1S/C9H17N5O/c1-14-7-12-13-8(14)4-6-11-9(15)3-2-5-10/h7H,2-6,10H2,1H3,(H,11,15). The molecule has 84 valence electrons. The summed E-state index contributed by atoms with van der Waals surface area (Å²) in [6.45, 7) is 1.15. The molecule has 0 aliphatic rings. The van der Waals surface area contributed by atoms with E-state index in [1.54, 1.807) is 6.33 Å². The molecule has 0 saturated heterocycles. The third kappa shape index (κ3) is 4.07. The fourth-order valence-corrected chi connectivity index (χ4v) is 1.20. The summed E-state index contributed by atoms with van der Waals surface area (Å²) in [6, 6.07) is 0. The van der Waals surface area contributed by atoms with E-state index in [1.165, 1.54) is 0 Å². The lowest BCUT2D eigenvalue weighted by Crippen LogP contribution is -2.26. The molecule has 0 aliphatic heterocycles. The fourth-order valence-electron chi connectivity index (χ4n) is 1.20. The van der Waals surface area contributed by atoms with Crippen molar-refractivity contribution in [1.29, 1.82) is 0 Å². The van der Waals surface area contributed by atoms with Gasteiger partial charge in [-0.3, -0.25) is 4.79 Å². The maximum atomic E-state index is 11.2. The Morgan fingerprint density at radius 1 is 1.67 bits per heavy atom. The van der Waals surface area contributed by atoms with Crippen LogP contribution in [0.3, 0.4) is 0 Å². The molecule has 1 heterocycles. The Bertz CT molecular complexity index is 309. The predicted octanol–water partition coefficient (Wildman–Crippen LogP) is -0.787. The molecule has 1 rings (SSSR count). The average Bonchev–Trinajstić information content (AvgIpc) is 2.61. The van der Waals surface area contributed by atoms with Gasteiger partial charge in [-0.15, -0.1) is 10.2 Å². The summed E-state index contributed by atoms with van der Waals surface area (Å²) in [5.74, 6) is 0.914. The van der Waals surface area contributed by atoms with Crippen molar-refractivity contribution in [3.05, 3.63) is 12.2 Å². The highest BCUT2D eigenvalue weighted by Crippen LogP contribution is 1.92. The van der Waals surface area contributed by atoms with Gasteiger partial charge in [0.1, 0.15) is 12.2 Å². The number of hydrogen-bond acceptors (Lipinski definition) is 4. The molecule has 15 heavy (non-hydrogen) atoms. The predicted molar refractivity (Wildman–Crippen MR) is 56.0 cm³/mol. The lowest BCUT2D eigenvalue weighted by Gasteiger charge is -2.03. The van der Waals surface area contributed by atoms with Crippen LogP contribution in [0.25, 0.3) is 0 Å². The van der Waals surface area contributed by atoms with E-state index >= 15 is 0 Å². The summed E-state index contributed by atoms with van der Waals surface area (Å²) in [7, 11) is 1.88. The van der Waals surface area contributed by atoms with E-state index in [9.17, 15) is 4.79 Å². The van der Waals surface area contributed by atoms with Gasteiger partial charge in [0.2, 0.25) is 5.91 Å². The Kier molecular flexibility index (Phi) is 4.76. The third-order valence-electron chi connectivity index (χ3n) is 2.08. The van der Waals surface area contributed by atoms with Gasteiger partial charge in [0.05, 0.1) is 0 Å². The van der Waals surface area contributed by atoms with E-state index in [0.717, 1.165) is 12.2 Å². The second-order valence-electron chi connectivity index (χ2n) is 3.35. The van der Waals surface area contributed by atoms with Crippen molar-refractivity contribution in [3.8, 4) is 0 Å². The van der Waals surface area contributed by atoms with Crippen molar-refractivity contribution in [2.24, 2.45) is 12.8 Å². The second-order valence-corrected chi connectivity index (χ2v) is 3.35. The van der Waals surface area contributed by atoms with Crippen LogP contribution < -0.4 is 11.1 Å². The van der Waals surface area contributed by atoms with E-state index in [1.807, 2.05) is 11.6 Å². The first kappa shape index (κ1) is 11.6. The Balaban J connectivity index is 2.16. The number of hydrogen-bond donors (Lipinski definition) is 2. The quantitative estimate of drug-likeness (QED) is 0.646. The van der Waals surface area contributed by atoms with Gasteiger partial charge >= 0.3 is 0 Å². The summed E-state index contributed by atoms with van der Waals surface area (Å²) in [5.41, 5.74) is 5.30. The van der Waals surface area contributed by atoms with Crippen molar-refractivity contribution >= 4 is 5.91 Å². The maximum Gasteiger partial charge on any atom is 0.220 e. The molecule has 1 aromatic heterocycles. The van der Waals surface area contributed by atoms with E-state index in [4.69, 9.17) is 5.73 Å². The number of nitrogens with two attached hydrogens (primary N) is 1.